The van der Waals surface area contributed by atoms with Gasteiger partial charge in [-0.3, -0.25) is 66.1 Å². The molecule has 42 nitrogen and oxygen atoms in total. The molecule has 0 bridgehead atoms. The number of nitrogens with zero attached hydrogens (tertiary/aromatic N) is 22. The van der Waals surface area contributed by atoms with Crippen LogP contribution in [0, 0.1) is 0 Å². The number of aromatic nitrogens is 22. The van der Waals surface area contributed by atoms with Gasteiger partial charge in [-0.15, -0.1) is 0 Å². The Morgan fingerprint density at radius 2 is 0.758 bits per heavy atom. The predicted octanol–water partition coefficient (Wildman–Crippen LogP) is 7.44. The maximum absolute atomic E-state index is 13.2. The summed E-state index contributed by atoms with van der Waals surface area (Å²) in [5.41, 5.74) is 3.73. The van der Waals surface area contributed by atoms with Crippen molar-refractivity contribution in [1.29, 1.82) is 0 Å². The molecule has 5 aliphatic rings. The molecule has 20 rings (SSSR count). The van der Waals surface area contributed by atoms with Crippen LogP contribution in [0.2, 0.25) is 5.02 Å². The number of hydrogen-bond acceptors (Lipinski definition) is 27. The Bertz CT molecular complexity index is 7050. The Morgan fingerprint density at radius 1 is 0.398 bits per heavy atom. The highest BCUT2D eigenvalue weighted by Crippen LogP contribution is 2.33. The van der Waals surface area contributed by atoms with E-state index in [2.05, 4.69) is 119 Å². The number of fused-ring (bicyclic) bond motifs is 4. The lowest BCUT2D eigenvalue weighted by atomic mass is 9.95. The van der Waals surface area contributed by atoms with Gasteiger partial charge in [0.25, 0.3) is 45.9 Å². The minimum Gasteiger partial charge on any atom is -0.373 e. The Morgan fingerprint density at radius 3 is 1.10 bits per heavy atom. The van der Waals surface area contributed by atoms with Gasteiger partial charge in [-0.05, 0) is 68.1 Å². The fourth-order valence-electron chi connectivity index (χ4n) is 14.4. The maximum atomic E-state index is 13.2. The first-order valence-corrected chi connectivity index (χ1v) is 41.3. The lowest BCUT2D eigenvalue weighted by Gasteiger charge is -2.24. The first-order valence-electron chi connectivity index (χ1n) is 40.9. The maximum Gasteiger partial charge on any atom is 0.280 e. The minimum absolute atomic E-state index is 0.0960. The van der Waals surface area contributed by atoms with Crippen LogP contribution in [-0.4, -0.2) is 201 Å². The monoisotopic (exact) mass is 1770 g/mol. The summed E-state index contributed by atoms with van der Waals surface area (Å²) in [6.45, 7) is 0. The first-order chi connectivity index (χ1) is 61.8. The number of carbonyl (C=O) groups is 4. The third-order valence-electron chi connectivity index (χ3n) is 21.6. The molecule has 6 atom stereocenters. The molecule has 128 heavy (non-hydrogen) atoms. The first kappa shape index (κ1) is 84.5. The van der Waals surface area contributed by atoms with Crippen molar-refractivity contribution in [2.45, 2.75) is 113 Å². The minimum atomic E-state index is -1.03. The summed E-state index contributed by atoms with van der Waals surface area (Å²) in [5.74, 6) is 2.60. The van der Waals surface area contributed by atoms with Gasteiger partial charge in [0.15, 0.2) is 28.4 Å². The van der Waals surface area contributed by atoms with E-state index in [0.717, 1.165) is 38.5 Å². The third-order valence-corrected chi connectivity index (χ3v) is 21.9. The van der Waals surface area contributed by atoms with Gasteiger partial charge in [0.2, 0.25) is 0 Å². The molecule has 0 unspecified atom stereocenters. The standard InChI is InChI=1S/C22H26FN7O2.C20H19ClFN9O2.C20H20FN9O2.C20H21N9O2/c1-24-19-11-18(26-16-8-5-9-29(22(16)32)13-6-3-2-4-7-13)28-20-14(12-25-30(19)20)21(31)27-17-10-15(17)23;1-23-17-7-15(27-18-11(8-24-31(17)18)19(32)26-13-6-12(13)22)25-14-5-10(21)9-30(20(14)33)16-3-4-29(2)28-16;1-22-17-7-16(25-14-4-3-5-29(20(14)32)11-8-23-28(2)10-11)27-18-12(9-24-30(17)18)19(31)26-15-6-13(15)21;1-21-17-8-16(26-18-14(10-23-29(17)18)19(30)24-12-5-6-12)25-15-4-3-7-28(20(15)31)13-9-22-27(2)11-13/h5,8-9,11-13,15,17,24H,2-4,6-7,10H2,1H3,(H,26,28)(H,27,31);3-5,7-9,12-13,23H,6H2,1-2H3,(H,25,27)(H,26,32);3-5,7-10,13,15,22H,6H2,1-2H3,(H,25,27)(H,26,31);3-4,7-12,21H,5-6H2,1-2H3,(H,24,30)(H,25,26)/t15-,17+;12-,13+;13-,15+;/m111./s1. The van der Waals surface area contributed by atoms with Crippen LogP contribution < -0.4 is 86.0 Å². The van der Waals surface area contributed by atoms with Crippen molar-refractivity contribution in [1.82, 2.24) is 127 Å². The lowest BCUT2D eigenvalue weighted by Crippen LogP contribution is -2.27. The number of hydrogen-bond donors (Lipinski definition) is 12. The molecule has 5 saturated carbocycles. The molecule has 15 heterocycles. The molecule has 5 fully saturated rings. The zero-order valence-electron chi connectivity index (χ0n) is 69.7. The molecule has 0 aromatic carbocycles. The van der Waals surface area contributed by atoms with Crippen LogP contribution in [0.4, 0.5) is 82.5 Å². The zero-order valence-corrected chi connectivity index (χ0v) is 70.5. The number of nitrogens with one attached hydrogen (secondary N) is 12. The van der Waals surface area contributed by atoms with Crippen molar-refractivity contribution >= 4 is 127 Å². The average Bonchev–Trinajstić information content (AvgIpc) is 1.64. The van der Waals surface area contributed by atoms with E-state index in [0.29, 0.717) is 116 Å². The van der Waals surface area contributed by atoms with Crippen LogP contribution >= 0.6 is 11.6 Å². The fourth-order valence-corrected chi connectivity index (χ4v) is 14.6. The van der Waals surface area contributed by atoms with Crippen LogP contribution in [0.1, 0.15) is 112 Å². The summed E-state index contributed by atoms with van der Waals surface area (Å²) >= 11 is 6.25. The Hall–Kier alpha value is -15.7. The second kappa shape index (κ2) is 35.5. The number of alkyl halides is 3. The number of halogens is 4. The van der Waals surface area contributed by atoms with Crippen LogP contribution in [0.15, 0.2) is 173 Å². The van der Waals surface area contributed by atoms with E-state index in [4.69, 9.17) is 11.6 Å². The second-order valence-corrected chi connectivity index (χ2v) is 31.4. The van der Waals surface area contributed by atoms with E-state index in [1.54, 1.807) is 177 Å². The molecule has 46 heteroatoms. The van der Waals surface area contributed by atoms with Crippen molar-refractivity contribution in [3.05, 3.63) is 222 Å². The van der Waals surface area contributed by atoms with Gasteiger partial charge in [-0.1, -0.05) is 30.9 Å². The second-order valence-electron chi connectivity index (χ2n) is 31.0. The number of aryl methyl sites for hydroxylation is 3. The highest BCUT2D eigenvalue weighted by atomic mass is 35.5. The summed E-state index contributed by atoms with van der Waals surface area (Å²) in [5, 5.41) is 64.9. The molecule has 0 spiro atoms. The van der Waals surface area contributed by atoms with Crippen molar-refractivity contribution in [2.24, 2.45) is 21.1 Å². The number of rotatable bonds is 24. The van der Waals surface area contributed by atoms with E-state index in [-0.39, 0.29) is 79.7 Å². The Kier molecular flexibility index (Phi) is 23.4. The van der Waals surface area contributed by atoms with Gasteiger partial charge in [0, 0.05) is 154 Å². The normalized spacial score (nSPS) is 17.2. The molecule has 660 valence electrons. The summed E-state index contributed by atoms with van der Waals surface area (Å²) in [7, 11) is 12.2. The van der Waals surface area contributed by atoms with Crippen molar-refractivity contribution in [3.63, 3.8) is 0 Å². The molecule has 5 aliphatic carbocycles. The highest BCUT2D eigenvalue weighted by Gasteiger charge is 2.42. The quantitative estimate of drug-likeness (QED) is 0.0279. The van der Waals surface area contributed by atoms with Crippen LogP contribution in [0.3, 0.4) is 0 Å². The topological polar surface area (TPSA) is 475 Å². The molecule has 0 radical (unpaired) electrons. The van der Waals surface area contributed by atoms with Gasteiger partial charge in [0.05, 0.1) is 71.7 Å². The van der Waals surface area contributed by atoms with Gasteiger partial charge in [0.1, 0.15) is 110 Å². The summed E-state index contributed by atoms with van der Waals surface area (Å²) < 4.78 is 56.5. The molecule has 15 aromatic rings. The Balaban J connectivity index is 0.000000120. The predicted molar refractivity (Wildman–Crippen MR) is 470 cm³/mol. The third kappa shape index (κ3) is 18.0. The van der Waals surface area contributed by atoms with Crippen molar-refractivity contribution < 1.29 is 32.3 Å². The molecular weight excluding hydrogens is 1680 g/mol. The van der Waals surface area contributed by atoms with Crippen LogP contribution in [0.5, 0.6) is 0 Å². The van der Waals surface area contributed by atoms with Crippen LogP contribution in [0.25, 0.3) is 39.8 Å². The van der Waals surface area contributed by atoms with Gasteiger partial charge in [-0.25, -0.2) is 33.1 Å². The largest absolute Gasteiger partial charge is 0.373 e. The molecule has 15 aromatic heterocycles. The molecule has 4 amide bonds. The number of anilines is 12. The van der Waals surface area contributed by atoms with Gasteiger partial charge >= 0.3 is 0 Å². The molecule has 0 saturated heterocycles. The fraction of sp³-hybridized carbons (Fsp3) is 0.305. The number of pyridine rings is 4. The lowest BCUT2D eigenvalue weighted by molar-refractivity contribution is 0.0940. The van der Waals surface area contributed by atoms with Crippen molar-refractivity contribution in [3.8, 4) is 17.2 Å². The van der Waals surface area contributed by atoms with Gasteiger partial charge < -0.3 is 68.4 Å². The van der Waals surface area contributed by atoms with E-state index < -0.39 is 54.4 Å². The summed E-state index contributed by atoms with van der Waals surface area (Å²) in [6.07, 6.45) is 26.1. The smallest absolute Gasteiger partial charge is 0.280 e. The van der Waals surface area contributed by atoms with E-state index >= 15 is 0 Å². The SMILES string of the molecule is CNc1cc(Nc2cc(Cl)cn(-c3ccn(C)n3)c2=O)nc2c(C(=O)N[C@H]3C[C@H]3F)cnn12.CNc1cc(Nc2cccn(-c3cnn(C)c3)c2=O)nc2c(C(=O)NC3CC3)cnn12.CNc1cc(Nc2cccn(-c3cnn(C)c3)c2=O)nc2c(C(=O)N[C@H]3C[C@H]3F)cnn12.CNc1cc(Nc2cccn(C3CCCCC3)c2=O)nc2c(C(=O)N[C@H]3C[C@H]3F)cnn12. The summed E-state index contributed by atoms with van der Waals surface area (Å²) in [6, 6.07) is 19.3. The van der Waals surface area contributed by atoms with E-state index in [1.165, 1.54) is 70.7 Å². The van der Waals surface area contributed by atoms with Gasteiger partial charge in [-0.2, -0.15) is 53.8 Å². The van der Waals surface area contributed by atoms with Crippen molar-refractivity contribution in [2.75, 3.05) is 70.7 Å². The van der Waals surface area contributed by atoms with E-state index in [9.17, 15) is 51.5 Å². The summed E-state index contributed by atoms with van der Waals surface area (Å²) in [4.78, 5) is 121. The molecule has 0 aliphatic heterocycles. The zero-order chi connectivity index (χ0) is 89.5. The number of amides is 4. The molecule has 12 N–H and O–H groups in total. The number of carbonyl (C=O) groups excluding carboxylic acids is 4. The average molecular weight is 1770 g/mol. The van der Waals surface area contributed by atoms with Crippen LogP contribution in [-0.2, 0) is 21.1 Å². The molecular formula is C82H86ClF3N34O8. The Labute approximate surface area is 727 Å². The van der Waals surface area contributed by atoms with E-state index in [1.807, 2.05) is 12.3 Å². The highest BCUT2D eigenvalue weighted by molar-refractivity contribution is 6.30.